The summed E-state index contributed by atoms with van der Waals surface area (Å²) in [6.07, 6.45) is 1.53. The largest absolute Gasteiger partial charge is 0.487 e. The second-order valence-corrected chi connectivity index (χ2v) is 10.9. The summed E-state index contributed by atoms with van der Waals surface area (Å²) in [4.78, 5) is 2.34. The predicted octanol–water partition coefficient (Wildman–Crippen LogP) is 1.53. The molecule has 1 aliphatic heterocycles. The van der Waals surface area contributed by atoms with Gasteiger partial charge in [0.15, 0.2) is 0 Å². The highest BCUT2D eigenvalue weighted by Gasteiger charge is 2.38. The first-order chi connectivity index (χ1) is 14.6. The minimum absolute atomic E-state index is 0.0780. The number of nitrogens with zero attached hydrogens (tertiary/aromatic N) is 2. The van der Waals surface area contributed by atoms with Crippen molar-refractivity contribution >= 4 is 10.0 Å². The molecule has 1 aromatic rings. The maximum Gasteiger partial charge on any atom is 0.247 e. The Balaban J connectivity index is 2.00. The fourth-order valence-corrected chi connectivity index (χ4v) is 5.66. The fourth-order valence-electron chi connectivity index (χ4n) is 3.83. The normalized spacial score (nSPS) is 25.4. The summed E-state index contributed by atoms with van der Waals surface area (Å²) in [6, 6.07) is 4.22. The Morgan fingerprint density at radius 3 is 2.61 bits per heavy atom. The molecule has 7 nitrogen and oxygen atoms in total. The number of aliphatic hydroxyl groups is 2. The molecule has 1 aromatic carbocycles. The monoisotopic (exact) mass is 450 g/mol. The van der Waals surface area contributed by atoms with Gasteiger partial charge in [-0.2, -0.15) is 4.31 Å². The van der Waals surface area contributed by atoms with Crippen molar-refractivity contribution in [2.45, 2.75) is 56.8 Å². The number of aliphatic hydroxyl groups excluding tert-OH is 2. The van der Waals surface area contributed by atoms with Gasteiger partial charge >= 0.3 is 0 Å². The van der Waals surface area contributed by atoms with Crippen LogP contribution in [0, 0.1) is 23.7 Å². The third-order valence-corrected chi connectivity index (χ3v) is 7.87. The summed E-state index contributed by atoms with van der Waals surface area (Å²) in [7, 11) is -1.79. The third-order valence-electron chi connectivity index (χ3n) is 5.85. The lowest BCUT2D eigenvalue weighted by Crippen LogP contribution is -2.49. The molecule has 1 aliphatic carbocycles. The summed E-state index contributed by atoms with van der Waals surface area (Å²) in [5.41, 5.74) is 0.579. The van der Waals surface area contributed by atoms with E-state index in [4.69, 9.17) is 4.74 Å². The quantitative estimate of drug-likeness (QED) is 0.639. The Bertz CT molecular complexity index is 933. The molecule has 1 fully saturated rings. The van der Waals surface area contributed by atoms with Crippen LogP contribution in [0.2, 0.25) is 0 Å². The number of likely N-dealkylation sites (N-methyl/N-ethyl adjacent to an activating group) is 1. The first kappa shape index (κ1) is 24.0. The molecule has 0 bridgehead atoms. The summed E-state index contributed by atoms with van der Waals surface area (Å²) < 4.78 is 34.6. The third kappa shape index (κ3) is 5.99. The van der Waals surface area contributed by atoms with E-state index in [1.165, 1.54) is 23.2 Å². The zero-order chi connectivity index (χ0) is 22.8. The Morgan fingerprint density at radius 1 is 1.29 bits per heavy atom. The molecule has 1 saturated carbocycles. The van der Waals surface area contributed by atoms with E-state index in [9.17, 15) is 18.6 Å². The van der Waals surface area contributed by atoms with E-state index in [-0.39, 0.29) is 35.8 Å². The Labute approximate surface area is 186 Å². The van der Waals surface area contributed by atoms with Gasteiger partial charge in [-0.3, -0.25) is 0 Å². The van der Waals surface area contributed by atoms with Gasteiger partial charge in [0.25, 0.3) is 0 Å². The minimum Gasteiger partial charge on any atom is -0.487 e. The summed E-state index contributed by atoms with van der Waals surface area (Å²) in [6.45, 7) is 6.98. The van der Waals surface area contributed by atoms with Crippen LogP contribution in [0.5, 0.6) is 5.75 Å². The number of rotatable bonds is 6. The van der Waals surface area contributed by atoms with Gasteiger partial charge in [-0.1, -0.05) is 18.8 Å². The molecule has 1 heterocycles. The molecule has 0 spiro atoms. The van der Waals surface area contributed by atoms with E-state index in [2.05, 4.69) is 23.8 Å². The number of ether oxygens (including phenoxy) is 1. The van der Waals surface area contributed by atoms with Crippen LogP contribution in [-0.4, -0.2) is 79.4 Å². The maximum absolute atomic E-state index is 13.4. The summed E-state index contributed by atoms with van der Waals surface area (Å²) >= 11 is 0. The molecule has 2 aliphatic rings. The van der Waals surface area contributed by atoms with E-state index in [1.807, 2.05) is 6.92 Å². The van der Waals surface area contributed by atoms with Crippen molar-refractivity contribution < 1.29 is 23.4 Å². The van der Waals surface area contributed by atoms with Crippen LogP contribution >= 0.6 is 0 Å². The first-order valence-corrected chi connectivity index (χ1v) is 12.4. The van der Waals surface area contributed by atoms with Gasteiger partial charge in [0, 0.05) is 37.2 Å². The molecule has 172 valence electrons. The number of hydrogen-bond acceptors (Lipinski definition) is 6. The number of sulfonamides is 1. The number of hydrogen-bond donors (Lipinski definition) is 2. The van der Waals surface area contributed by atoms with Gasteiger partial charge in [0.2, 0.25) is 10.0 Å². The average molecular weight is 451 g/mol. The van der Waals surface area contributed by atoms with Gasteiger partial charge < -0.3 is 19.8 Å². The summed E-state index contributed by atoms with van der Waals surface area (Å²) in [5, 5.41) is 19.2. The molecule has 0 aromatic heterocycles. The van der Waals surface area contributed by atoms with Crippen molar-refractivity contribution in [1.29, 1.82) is 0 Å². The molecular weight excluding hydrogens is 416 g/mol. The molecule has 0 amide bonds. The number of benzene rings is 1. The zero-order valence-corrected chi connectivity index (χ0v) is 19.6. The molecule has 8 heteroatoms. The topological polar surface area (TPSA) is 90.3 Å². The minimum atomic E-state index is -3.86. The Hall–Kier alpha value is -1.63. The van der Waals surface area contributed by atoms with E-state index >= 15 is 0 Å². The fraction of sp³-hybridized carbons (Fsp3) is 0.652. The second kappa shape index (κ2) is 9.88. The van der Waals surface area contributed by atoms with E-state index in [1.54, 1.807) is 26.0 Å². The summed E-state index contributed by atoms with van der Waals surface area (Å²) in [5.74, 6) is 6.48. The highest BCUT2D eigenvalue weighted by atomic mass is 32.2. The molecule has 0 unspecified atom stereocenters. The van der Waals surface area contributed by atoms with Crippen LogP contribution in [0.25, 0.3) is 0 Å². The Kier molecular flexibility index (Phi) is 7.66. The van der Waals surface area contributed by atoms with Gasteiger partial charge in [0.05, 0.1) is 6.61 Å². The van der Waals surface area contributed by atoms with Crippen molar-refractivity contribution in [1.82, 2.24) is 9.21 Å². The molecular formula is C23H34N2O5S. The van der Waals surface area contributed by atoms with Gasteiger partial charge in [-0.15, -0.1) is 0 Å². The van der Waals surface area contributed by atoms with Crippen LogP contribution in [0.15, 0.2) is 23.1 Å². The molecule has 0 radical (unpaired) electrons. The van der Waals surface area contributed by atoms with Crippen LogP contribution in [0.3, 0.4) is 0 Å². The SMILES string of the molecule is C[C@H](O)C#Cc1ccc2c(c1)O[C@H](CN(C)CC1CC1)[C@H](C)CN([C@@H](C)CO)S2(=O)=O. The van der Waals surface area contributed by atoms with Crippen molar-refractivity contribution in [2.75, 3.05) is 33.3 Å². The zero-order valence-electron chi connectivity index (χ0n) is 18.8. The van der Waals surface area contributed by atoms with Crippen LogP contribution in [-0.2, 0) is 10.0 Å². The van der Waals surface area contributed by atoms with Crippen molar-refractivity contribution in [2.24, 2.45) is 11.8 Å². The van der Waals surface area contributed by atoms with E-state index in [0.717, 1.165) is 12.5 Å². The van der Waals surface area contributed by atoms with Crippen molar-refractivity contribution in [3.8, 4) is 17.6 Å². The maximum atomic E-state index is 13.4. The number of fused-ring (bicyclic) bond motifs is 1. The highest BCUT2D eigenvalue weighted by molar-refractivity contribution is 7.89. The predicted molar refractivity (Wildman–Crippen MR) is 119 cm³/mol. The lowest BCUT2D eigenvalue weighted by atomic mass is 10.0. The van der Waals surface area contributed by atoms with Gasteiger partial charge in [-0.25, -0.2) is 8.42 Å². The molecule has 4 atom stereocenters. The van der Waals surface area contributed by atoms with Gasteiger partial charge in [0.1, 0.15) is 22.9 Å². The molecule has 3 rings (SSSR count). The molecule has 0 saturated heterocycles. The first-order valence-electron chi connectivity index (χ1n) is 10.9. The second-order valence-electron chi connectivity index (χ2n) is 9.01. The van der Waals surface area contributed by atoms with Crippen molar-refractivity contribution in [3.05, 3.63) is 23.8 Å². The van der Waals surface area contributed by atoms with Gasteiger partial charge in [-0.05, 0) is 57.9 Å². The van der Waals surface area contributed by atoms with Crippen LogP contribution in [0.1, 0.15) is 39.2 Å². The highest BCUT2D eigenvalue weighted by Crippen LogP contribution is 2.35. The van der Waals surface area contributed by atoms with Crippen LogP contribution < -0.4 is 4.74 Å². The lowest BCUT2D eigenvalue weighted by Gasteiger charge is -2.37. The molecule has 31 heavy (non-hydrogen) atoms. The molecule has 2 N–H and O–H groups in total. The lowest BCUT2D eigenvalue weighted by molar-refractivity contribution is 0.0740. The average Bonchev–Trinajstić information content (AvgIpc) is 3.52. The van der Waals surface area contributed by atoms with E-state index in [0.29, 0.717) is 12.1 Å². The van der Waals surface area contributed by atoms with Crippen molar-refractivity contribution in [3.63, 3.8) is 0 Å². The smallest absolute Gasteiger partial charge is 0.247 e. The standard InChI is InChI=1S/C23H34N2O5S/c1-16-12-25(17(2)15-26)31(28,29)23-10-9-19(6-5-18(3)27)11-21(23)30-22(16)14-24(4)13-20-7-8-20/h9-11,16-18,20,22,26-27H,7-8,12-15H2,1-4H3/t16-,17+,18+,22-/m1/s1. The Morgan fingerprint density at radius 2 is 2.00 bits per heavy atom. The van der Waals surface area contributed by atoms with Crippen LogP contribution in [0.4, 0.5) is 0 Å². The van der Waals surface area contributed by atoms with E-state index < -0.39 is 22.2 Å².